The molecule has 0 aromatic heterocycles. The summed E-state index contributed by atoms with van der Waals surface area (Å²) < 4.78 is 0. The summed E-state index contributed by atoms with van der Waals surface area (Å²) >= 11 is 0. The van der Waals surface area contributed by atoms with E-state index in [9.17, 15) is 19.2 Å². The normalized spacial score (nSPS) is 28.0. The topological polar surface area (TPSA) is 81.2 Å². The third-order valence-corrected chi connectivity index (χ3v) is 6.02. The van der Waals surface area contributed by atoms with Gasteiger partial charge >= 0.3 is 0 Å². The quantitative estimate of drug-likeness (QED) is 0.696. The van der Waals surface area contributed by atoms with E-state index in [0.29, 0.717) is 38.9 Å². The molecule has 0 spiro atoms. The van der Waals surface area contributed by atoms with Crippen molar-refractivity contribution in [1.82, 2.24) is 19.6 Å². The van der Waals surface area contributed by atoms with E-state index in [2.05, 4.69) is 0 Å². The molecule has 0 aromatic rings. The lowest BCUT2D eigenvalue weighted by molar-refractivity contribution is -0.151. The van der Waals surface area contributed by atoms with Crippen molar-refractivity contribution in [1.29, 1.82) is 0 Å². The number of carbonyl (C=O) groups is 4. The molecule has 3 saturated heterocycles. The first-order valence-electron chi connectivity index (χ1n) is 9.92. The van der Waals surface area contributed by atoms with Crippen LogP contribution in [0.4, 0.5) is 0 Å². The van der Waals surface area contributed by atoms with Crippen LogP contribution in [0, 0.1) is 0 Å². The summed E-state index contributed by atoms with van der Waals surface area (Å²) in [7, 11) is 3.40. The SMILES string of the molecule is CC(=O)N1CCC[C@H]1C(=O)N1CCC[C@H]1C(=O)N1CCC[C@H]1C(=O)N(C)C. The zero-order chi connectivity index (χ0) is 19.7. The number of hydrogen-bond donors (Lipinski definition) is 0. The fourth-order valence-corrected chi connectivity index (χ4v) is 4.66. The Hall–Kier alpha value is -2.12. The Balaban J connectivity index is 1.74. The molecule has 3 fully saturated rings. The van der Waals surface area contributed by atoms with Crippen LogP contribution in [-0.4, -0.2) is 95.1 Å². The summed E-state index contributed by atoms with van der Waals surface area (Å²) in [6, 6.07) is -1.39. The van der Waals surface area contributed by atoms with Gasteiger partial charge in [-0.3, -0.25) is 19.2 Å². The highest BCUT2D eigenvalue weighted by Gasteiger charge is 2.45. The van der Waals surface area contributed by atoms with Gasteiger partial charge in [0.25, 0.3) is 0 Å². The number of nitrogens with zero attached hydrogens (tertiary/aromatic N) is 4. The minimum absolute atomic E-state index is 0.0599. The van der Waals surface area contributed by atoms with Crippen LogP contribution in [-0.2, 0) is 19.2 Å². The molecule has 0 bridgehead atoms. The Morgan fingerprint density at radius 2 is 1.11 bits per heavy atom. The first kappa shape index (κ1) is 19.6. The molecular weight excluding hydrogens is 348 g/mol. The summed E-state index contributed by atoms with van der Waals surface area (Å²) in [5, 5.41) is 0. The summed E-state index contributed by atoms with van der Waals surface area (Å²) in [5.41, 5.74) is 0. The van der Waals surface area contributed by atoms with Gasteiger partial charge in [0.1, 0.15) is 18.1 Å². The van der Waals surface area contributed by atoms with Crippen molar-refractivity contribution in [2.24, 2.45) is 0 Å². The van der Waals surface area contributed by atoms with Gasteiger partial charge in [0.05, 0.1) is 0 Å². The summed E-state index contributed by atoms with van der Waals surface area (Å²) in [6.45, 7) is 3.19. The van der Waals surface area contributed by atoms with Gasteiger partial charge in [-0.15, -0.1) is 0 Å². The lowest BCUT2D eigenvalue weighted by atomic mass is 10.1. The average Bonchev–Trinajstić information content (AvgIpc) is 3.39. The standard InChI is InChI=1S/C19H30N4O4/c1-13(24)21-10-4-8-15(21)18(26)23-12-6-9-16(23)19(27)22-11-5-7-14(22)17(25)20(2)3/h14-16H,4-12H2,1-3H3/t14-,15-,16-/m0/s1. The van der Waals surface area contributed by atoms with E-state index in [4.69, 9.17) is 0 Å². The van der Waals surface area contributed by atoms with Crippen LogP contribution in [0.3, 0.4) is 0 Å². The second-order valence-corrected chi connectivity index (χ2v) is 7.98. The van der Waals surface area contributed by atoms with E-state index < -0.39 is 18.1 Å². The number of likely N-dealkylation sites (tertiary alicyclic amines) is 3. The van der Waals surface area contributed by atoms with Crippen LogP contribution in [0.25, 0.3) is 0 Å². The van der Waals surface area contributed by atoms with E-state index >= 15 is 0 Å². The van der Waals surface area contributed by atoms with Gasteiger partial charge in [-0.2, -0.15) is 0 Å². The zero-order valence-electron chi connectivity index (χ0n) is 16.5. The zero-order valence-corrected chi connectivity index (χ0v) is 16.5. The third-order valence-electron chi connectivity index (χ3n) is 6.02. The molecule has 4 amide bonds. The fraction of sp³-hybridized carbons (Fsp3) is 0.789. The van der Waals surface area contributed by atoms with Crippen molar-refractivity contribution in [3.8, 4) is 0 Å². The second kappa shape index (κ2) is 7.86. The van der Waals surface area contributed by atoms with E-state index in [1.165, 1.54) is 11.8 Å². The van der Waals surface area contributed by atoms with Crippen molar-refractivity contribution in [3.63, 3.8) is 0 Å². The maximum Gasteiger partial charge on any atom is 0.246 e. The van der Waals surface area contributed by atoms with Gasteiger partial charge in [-0.25, -0.2) is 0 Å². The van der Waals surface area contributed by atoms with Gasteiger partial charge in [-0.1, -0.05) is 0 Å². The molecular formula is C19H30N4O4. The molecule has 3 rings (SSSR count). The predicted molar refractivity (Wildman–Crippen MR) is 98.6 cm³/mol. The van der Waals surface area contributed by atoms with Crippen molar-refractivity contribution in [2.45, 2.75) is 63.6 Å². The molecule has 0 unspecified atom stereocenters. The molecule has 3 aliphatic heterocycles. The second-order valence-electron chi connectivity index (χ2n) is 7.98. The molecule has 8 nitrogen and oxygen atoms in total. The number of likely N-dealkylation sites (N-methyl/N-ethyl adjacent to an activating group) is 1. The molecule has 3 heterocycles. The Morgan fingerprint density at radius 3 is 1.59 bits per heavy atom. The molecule has 0 radical (unpaired) electrons. The van der Waals surface area contributed by atoms with Crippen molar-refractivity contribution in [3.05, 3.63) is 0 Å². The Kier molecular flexibility index (Phi) is 5.72. The highest BCUT2D eigenvalue weighted by molar-refractivity contribution is 5.95. The minimum Gasteiger partial charge on any atom is -0.347 e. The summed E-state index contributed by atoms with van der Waals surface area (Å²) in [4.78, 5) is 57.0. The van der Waals surface area contributed by atoms with Gasteiger partial charge in [0, 0.05) is 40.7 Å². The monoisotopic (exact) mass is 378 g/mol. The Bertz CT molecular complexity index is 635. The first-order chi connectivity index (χ1) is 12.8. The molecule has 0 aromatic carbocycles. The maximum absolute atomic E-state index is 13.2. The molecule has 0 saturated carbocycles. The minimum atomic E-state index is -0.512. The van der Waals surface area contributed by atoms with Crippen LogP contribution in [0.1, 0.15) is 45.4 Å². The van der Waals surface area contributed by atoms with Gasteiger partial charge in [0.2, 0.25) is 23.6 Å². The summed E-state index contributed by atoms with van der Waals surface area (Å²) in [6.07, 6.45) is 4.34. The molecule has 8 heteroatoms. The molecule has 27 heavy (non-hydrogen) atoms. The van der Waals surface area contributed by atoms with E-state index in [-0.39, 0.29) is 23.6 Å². The maximum atomic E-state index is 13.2. The van der Waals surface area contributed by atoms with Crippen molar-refractivity contribution < 1.29 is 19.2 Å². The largest absolute Gasteiger partial charge is 0.347 e. The molecule has 150 valence electrons. The third kappa shape index (κ3) is 3.66. The predicted octanol–water partition coefficient (Wildman–Crippen LogP) is 0.0675. The lowest BCUT2D eigenvalue weighted by Gasteiger charge is -2.34. The van der Waals surface area contributed by atoms with Crippen molar-refractivity contribution >= 4 is 23.6 Å². The van der Waals surface area contributed by atoms with E-state index in [1.54, 1.807) is 28.8 Å². The smallest absolute Gasteiger partial charge is 0.246 e. The van der Waals surface area contributed by atoms with Crippen molar-refractivity contribution in [2.75, 3.05) is 33.7 Å². The van der Waals surface area contributed by atoms with Crippen LogP contribution in [0.5, 0.6) is 0 Å². The molecule has 0 aliphatic carbocycles. The first-order valence-corrected chi connectivity index (χ1v) is 9.92. The number of rotatable bonds is 3. The lowest BCUT2D eigenvalue weighted by Crippen LogP contribution is -2.55. The van der Waals surface area contributed by atoms with E-state index in [0.717, 1.165) is 19.3 Å². The van der Waals surface area contributed by atoms with E-state index in [1.807, 2.05) is 0 Å². The average molecular weight is 378 g/mol. The highest BCUT2D eigenvalue weighted by Crippen LogP contribution is 2.28. The Morgan fingerprint density at radius 1 is 0.704 bits per heavy atom. The van der Waals surface area contributed by atoms with Crippen LogP contribution in [0.15, 0.2) is 0 Å². The summed E-state index contributed by atoms with van der Waals surface area (Å²) in [5.74, 6) is -0.390. The van der Waals surface area contributed by atoms with Gasteiger partial charge in [-0.05, 0) is 38.5 Å². The van der Waals surface area contributed by atoms with Gasteiger partial charge in [0.15, 0.2) is 0 Å². The fourth-order valence-electron chi connectivity index (χ4n) is 4.66. The molecule has 0 N–H and O–H groups in total. The van der Waals surface area contributed by atoms with Gasteiger partial charge < -0.3 is 19.6 Å². The van der Waals surface area contributed by atoms with Crippen LogP contribution < -0.4 is 0 Å². The molecule has 3 aliphatic rings. The number of amides is 4. The molecule has 3 atom stereocenters. The Labute approximate surface area is 160 Å². The number of carbonyl (C=O) groups excluding carboxylic acids is 4. The highest BCUT2D eigenvalue weighted by atomic mass is 16.2. The van der Waals surface area contributed by atoms with Crippen LogP contribution in [0.2, 0.25) is 0 Å². The number of hydrogen-bond acceptors (Lipinski definition) is 4. The van der Waals surface area contributed by atoms with Crippen LogP contribution >= 0.6 is 0 Å².